The fraction of sp³-hybridized carbons (Fsp3) is 0.789. The highest BCUT2D eigenvalue weighted by Crippen LogP contribution is 2.20. The van der Waals surface area contributed by atoms with Crippen LogP contribution in [0.2, 0.25) is 0 Å². The second kappa shape index (κ2) is 13.7. The van der Waals surface area contributed by atoms with Crippen LogP contribution in [0.3, 0.4) is 0 Å². The molecule has 0 aliphatic heterocycles. The highest BCUT2D eigenvalue weighted by atomic mass is 127. The van der Waals surface area contributed by atoms with E-state index < -0.39 is 0 Å². The second-order valence-corrected chi connectivity index (χ2v) is 7.96. The number of methoxy groups -OCH3 is 1. The predicted molar refractivity (Wildman–Crippen MR) is 127 cm³/mol. The lowest BCUT2D eigenvalue weighted by molar-refractivity contribution is 0.119. The van der Waals surface area contributed by atoms with Gasteiger partial charge in [-0.3, -0.25) is 9.89 Å². The number of guanidine groups is 1. The van der Waals surface area contributed by atoms with Crippen LogP contribution in [0, 0.1) is 0 Å². The molecule has 1 N–H and O–H groups in total. The lowest BCUT2D eigenvalue weighted by atomic mass is 10.2. The Hall–Kier alpha value is -0.450. The minimum absolute atomic E-state index is 0. The van der Waals surface area contributed by atoms with Gasteiger partial charge < -0.3 is 15.0 Å². The standard InChI is InChI=1S/C19H37N5OS.HI/c1-9-20-19(21-10-11-24(14(2)3)15(4)5)23(7)12-17-13-26-18(22-17)16(6)25-8;/h13-16H,9-12H2,1-8H3,(H,20,21);1H. The molecule has 1 aromatic heterocycles. The van der Waals surface area contributed by atoms with E-state index in [2.05, 4.69) is 67.1 Å². The Kier molecular flexibility index (Phi) is 13.5. The van der Waals surface area contributed by atoms with E-state index in [1.807, 2.05) is 6.92 Å². The summed E-state index contributed by atoms with van der Waals surface area (Å²) in [6.07, 6.45) is 0.0408. The third-order valence-electron chi connectivity index (χ3n) is 4.31. The number of hydrogen-bond acceptors (Lipinski definition) is 5. The van der Waals surface area contributed by atoms with E-state index in [0.717, 1.165) is 42.8 Å². The topological polar surface area (TPSA) is 53.0 Å². The van der Waals surface area contributed by atoms with Gasteiger partial charge in [0.15, 0.2) is 5.96 Å². The molecule has 0 saturated heterocycles. The van der Waals surface area contributed by atoms with Gasteiger partial charge in [-0.15, -0.1) is 35.3 Å². The summed E-state index contributed by atoms with van der Waals surface area (Å²) >= 11 is 1.65. The van der Waals surface area contributed by atoms with Crippen LogP contribution in [-0.4, -0.2) is 66.6 Å². The molecular weight excluding hydrogens is 473 g/mol. The Morgan fingerprint density at radius 3 is 2.41 bits per heavy atom. The number of aliphatic imine (C=N–C) groups is 1. The molecule has 0 bridgehead atoms. The van der Waals surface area contributed by atoms with Crippen molar-refractivity contribution in [2.75, 3.05) is 33.8 Å². The summed E-state index contributed by atoms with van der Waals surface area (Å²) in [7, 11) is 3.77. The Morgan fingerprint density at radius 1 is 1.26 bits per heavy atom. The molecular formula is C19H38IN5OS. The van der Waals surface area contributed by atoms with Crippen LogP contribution >= 0.6 is 35.3 Å². The van der Waals surface area contributed by atoms with Crippen molar-refractivity contribution in [1.82, 2.24) is 20.1 Å². The first-order chi connectivity index (χ1) is 12.3. The quantitative estimate of drug-likeness (QED) is 0.293. The van der Waals surface area contributed by atoms with E-state index in [1.165, 1.54) is 0 Å². The van der Waals surface area contributed by atoms with Gasteiger partial charge in [0, 0.05) is 44.7 Å². The zero-order valence-electron chi connectivity index (χ0n) is 18.2. The molecule has 0 aliphatic carbocycles. The number of aromatic nitrogens is 1. The van der Waals surface area contributed by atoms with Crippen molar-refractivity contribution in [2.45, 2.75) is 66.3 Å². The van der Waals surface area contributed by atoms with Crippen molar-refractivity contribution in [1.29, 1.82) is 0 Å². The summed E-state index contributed by atoms with van der Waals surface area (Å²) in [5, 5.41) is 6.50. The summed E-state index contributed by atoms with van der Waals surface area (Å²) in [5.74, 6) is 0.925. The number of halogens is 1. The van der Waals surface area contributed by atoms with Crippen LogP contribution in [0.1, 0.15) is 58.3 Å². The van der Waals surface area contributed by atoms with Crippen molar-refractivity contribution in [3.8, 4) is 0 Å². The zero-order valence-corrected chi connectivity index (χ0v) is 21.3. The van der Waals surface area contributed by atoms with Crippen molar-refractivity contribution in [3.63, 3.8) is 0 Å². The lowest BCUT2D eigenvalue weighted by Crippen LogP contribution is -2.41. The van der Waals surface area contributed by atoms with Crippen molar-refractivity contribution >= 4 is 41.3 Å². The van der Waals surface area contributed by atoms with E-state index in [0.29, 0.717) is 12.1 Å². The number of rotatable bonds is 10. The van der Waals surface area contributed by atoms with Crippen molar-refractivity contribution in [2.24, 2.45) is 4.99 Å². The van der Waals surface area contributed by atoms with Gasteiger partial charge in [-0.2, -0.15) is 0 Å². The van der Waals surface area contributed by atoms with Gasteiger partial charge in [0.05, 0.1) is 18.8 Å². The number of nitrogens with zero attached hydrogens (tertiary/aromatic N) is 4. The van der Waals surface area contributed by atoms with Crippen LogP contribution < -0.4 is 5.32 Å². The molecule has 1 atom stereocenters. The molecule has 8 heteroatoms. The molecule has 6 nitrogen and oxygen atoms in total. The highest BCUT2D eigenvalue weighted by molar-refractivity contribution is 14.0. The summed E-state index contributed by atoms with van der Waals surface area (Å²) in [6, 6.07) is 1.06. The smallest absolute Gasteiger partial charge is 0.194 e. The van der Waals surface area contributed by atoms with Gasteiger partial charge in [0.25, 0.3) is 0 Å². The molecule has 0 radical (unpaired) electrons. The first-order valence-corrected chi connectivity index (χ1v) is 10.4. The molecule has 158 valence electrons. The van der Waals surface area contributed by atoms with E-state index in [4.69, 9.17) is 9.73 Å². The highest BCUT2D eigenvalue weighted by Gasteiger charge is 2.14. The predicted octanol–water partition coefficient (Wildman–Crippen LogP) is 3.98. The molecule has 0 spiro atoms. The van der Waals surface area contributed by atoms with E-state index in [1.54, 1.807) is 18.4 Å². The first-order valence-electron chi connectivity index (χ1n) is 9.52. The number of nitrogens with one attached hydrogen (secondary N) is 1. The third kappa shape index (κ3) is 9.06. The fourth-order valence-corrected chi connectivity index (χ4v) is 3.70. The normalized spacial score (nSPS) is 13.2. The maximum atomic E-state index is 5.35. The Balaban J connectivity index is 0.00000676. The van der Waals surface area contributed by atoms with Gasteiger partial charge in [0.1, 0.15) is 11.1 Å². The average Bonchev–Trinajstić information content (AvgIpc) is 3.04. The van der Waals surface area contributed by atoms with E-state index in [9.17, 15) is 0 Å². The van der Waals surface area contributed by atoms with Gasteiger partial charge in [-0.1, -0.05) is 0 Å². The molecule has 1 heterocycles. The molecule has 1 rings (SSSR count). The monoisotopic (exact) mass is 511 g/mol. The number of ether oxygens (including phenoxy) is 1. The van der Waals surface area contributed by atoms with Gasteiger partial charge in [-0.05, 0) is 41.5 Å². The molecule has 0 fully saturated rings. The van der Waals surface area contributed by atoms with Crippen LogP contribution in [0.4, 0.5) is 0 Å². The molecule has 0 amide bonds. The molecule has 1 unspecified atom stereocenters. The molecule has 0 saturated carbocycles. The zero-order chi connectivity index (χ0) is 19.7. The van der Waals surface area contributed by atoms with E-state index >= 15 is 0 Å². The minimum atomic E-state index is 0. The summed E-state index contributed by atoms with van der Waals surface area (Å²) < 4.78 is 5.35. The van der Waals surface area contributed by atoms with Gasteiger partial charge in [0.2, 0.25) is 0 Å². The summed E-state index contributed by atoms with van der Waals surface area (Å²) in [4.78, 5) is 14.1. The van der Waals surface area contributed by atoms with Crippen LogP contribution in [0.5, 0.6) is 0 Å². The lowest BCUT2D eigenvalue weighted by Gasteiger charge is -2.30. The van der Waals surface area contributed by atoms with Gasteiger partial charge in [-0.25, -0.2) is 4.98 Å². The maximum Gasteiger partial charge on any atom is 0.194 e. The largest absolute Gasteiger partial charge is 0.375 e. The summed E-state index contributed by atoms with van der Waals surface area (Å²) in [6.45, 7) is 16.4. The number of thiazole rings is 1. The maximum absolute atomic E-state index is 5.35. The SMILES string of the molecule is CCNC(=NCCN(C(C)C)C(C)C)N(C)Cc1csc(C(C)OC)n1.I. The van der Waals surface area contributed by atoms with Gasteiger partial charge >= 0.3 is 0 Å². The molecule has 1 aromatic rings. The molecule has 0 aliphatic rings. The minimum Gasteiger partial charge on any atom is -0.375 e. The molecule has 27 heavy (non-hydrogen) atoms. The van der Waals surface area contributed by atoms with E-state index in [-0.39, 0.29) is 30.1 Å². The molecule has 0 aromatic carbocycles. The van der Waals surface area contributed by atoms with Crippen LogP contribution in [0.25, 0.3) is 0 Å². The van der Waals surface area contributed by atoms with Crippen LogP contribution in [-0.2, 0) is 11.3 Å². The Labute approximate surface area is 186 Å². The average molecular weight is 512 g/mol. The Morgan fingerprint density at radius 2 is 1.89 bits per heavy atom. The fourth-order valence-electron chi connectivity index (χ4n) is 2.85. The first kappa shape index (κ1) is 26.6. The van der Waals surface area contributed by atoms with Crippen LogP contribution in [0.15, 0.2) is 10.4 Å². The Bertz CT molecular complexity index is 542. The number of hydrogen-bond donors (Lipinski definition) is 1. The van der Waals surface area contributed by atoms with Crippen molar-refractivity contribution < 1.29 is 4.74 Å². The summed E-state index contributed by atoms with van der Waals surface area (Å²) in [5.41, 5.74) is 1.05. The third-order valence-corrected chi connectivity index (χ3v) is 5.37. The van der Waals surface area contributed by atoms with Crippen molar-refractivity contribution in [3.05, 3.63) is 16.1 Å². The second-order valence-electron chi connectivity index (χ2n) is 7.07.